The highest BCUT2D eigenvalue weighted by Crippen LogP contribution is 2.32. The predicted octanol–water partition coefficient (Wildman–Crippen LogP) is 3.36. The van der Waals surface area contributed by atoms with E-state index in [-0.39, 0.29) is 19.1 Å². The SMILES string of the molecule is O=C(Cc1ccc2c(c1)OCO2)Nc1ccc(Oc2cc(-n3cccn3)ncn2)cc1. The lowest BCUT2D eigenvalue weighted by molar-refractivity contribution is -0.115. The molecule has 2 aromatic heterocycles. The molecule has 5 rings (SSSR count). The first kappa shape index (κ1) is 18.6. The first-order valence-electron chi connectivity index (χ1n) is 9.51. The summed E-state index contributed by atoms with van der Waals surface area (Å²) in [5.74, 6) is 2.79. The van der Waals surface area contributed by atoms with E-state index in [2.05, 4.69) is 20.4 Å². The molecule has 4 aromatic rings. The highest BCUT2D eigenvalue weighted by molar-refractivity contribution is 5.92. The number of carbonyl (C=O) groups excluding carboxylic acids is 1. The number of fused-ring (bicyclic) bond motifs is 1. The van der Waals surface area contributed by atoms with E-state index in [4.69, 9.17) is 14.2 Å². The van der Waals surface area contributed by atoms with Crippen LogP contribution in [0.3, 0.4) is 0 Å². The summed E-state index contributed by atoms with van der Waals surface area (Å²) in [7, 11) is 0. The molecule has 0 bridgehead atoms. The van der Waals surface area contributed by atoms with Crippen molar-refractivity contribution in [2.45, 2.75) is 6.42 Å². The van der Waals surface area contributed by atoms with Crippen LogP contribution in [0.5, 0.6) is 23.1 Å². The zero-order valence-electron chi connectivity index (χ0n) is 16.3. The topological polar surface area (TPSA) is 100 Å². The van der Waals surface area contributed by atoms with Gasteiger partial charge in [0.15, 0.2) is 17.3 Å². The van der Waals surface area contributed by atoms with Gasteiger partial charge in [-0.25, -0.2) is 14.6 Å². The second-order valence-corrected chi connectivity index (χ2v) is 6.70. The molecule has 0 saturated heterocycles. The summed E-state index contributed by atoms with van der Waals surface area (Å²) in [6.45, 7) is 0.207. The van der Waals surface area contributed by atoms with Crippen LogP contribution in [-0.4, -0.2) is 32.4 Å². The Balaban J connectivity index is 1.20. The fraction of sp³-hybridized carbons (Fsp3) is 0.0909. The summed E-state index contributed by atoms with van der Waals surface area (Å²) in [5.41, 5.74) is 1.51. The van der Waals surface area contributed by atoms with Crippen LogP contribution in [-0.2, 0) is 11.2 Å². The predicted molar refractivity (Wildman–Crippen MR) is 111 cm³/mol. The number of nitrogens with one attached hydrogen (secondary N) is 1. The molecule has 9 nitrogen and oxygen atoms in total. The number of hydrogen-bond acceptors (Lipinski definition) is 7. The van der Waals surface area contributed by atoms with Gasteiger partial charge in [-0.15, -0.1) is 0 Å². The van der Waals surface area contributed by atoms with E-state index in [0.29, 0.717) is 34.6 Å². The van der Waals surface area contributed by atoms with E-state index in [9.17, 15) is 4.79 Å². The molecule has 0 atom stereocenters. The molecule has 31 heavy (non-hydrogen) atoms. The largest absolute Gasteiger partial charge is 0.454 e. The molecule has 154 valence electrons. The van der Waals surface area contributed by atoms with Crippen molar-refractivity contribution in [1.29, 1.82) is 0 Å². The maximum atomic E-state index is 12.4. The number of rotatable bonds is 6. The minimum Gasteiger partial charge on any atom is -0.454 e. The molecular formula is C22H17N5O4. The minimum absolute atomic E-state index is 0.132. The van der Waals surface area contributed by atoms with Gasteiger partial charge in [0.1, 0.15) is 12.1 Å². The molecule has 1 N–H and O–H groups in total. The Kier molecular flexibility index (Phi) is 4.89. The van der Waals surface area contributed by atoms with Gasteiger partial charge >= 0.3 is 0 Å². The van der Waals surface area contributed by atoms with Crippen LogP contribution >= 0.6 is 0 Å². The minimum atomic E-state index is -0.132. The molecule has 1 amide bonds. The van der Waals surface area contributed by atoms with E-state index in [1.807, 2.05) is 24.3 Å². The highest BCUT2D eigenvalue weighted by Gasteiger charge is 2.14. The molecule has 2 aromatic carbocycles. The van der Waals surface area contributed by atoms with Crippen LogP contribution in [0.25, 0.3) is 5.82 Å². The van der Waals surface area contributed by atoms with E-state index in [1.54, 1.807) is 47.4 Å². The van der Waals surface area contributed by atoms with Crippen molar-refractivity contribution in [3.63, 3.8) is 0 Å². The fourth-order valence-corrected chi connectivity index (χ4v) is 3.08. The van der Waals surface area contributed by atoms with Gasteiger partial charge in [0, 0.05) is 24.1 Å². The normalized spacial score (nSPS) is 11.9. The van der Waals surface area contributed by atoms with Crippen molar-refractivity contribution in [2.24, 2.45) is 0 Å². The smallest absolute Gasteiger partial charge is 0.231 e. The van der Waals surface area contributed by atoms with Crippen LogP contribution < -0.4 is 19.5 Å². The van der Waals surface area contributed by atoms with E-state index >= 15 is 0 Å². The third-order valence-electron chi connectivity index (χ3n) is 4.53. The zero-order chi connectivity index (χ0) is 21.0. The number of benzene rings is 2. The van der Waals surface area contributed by atoms with Crippen LogP contribution in [0.2, 0.25) is 0 Å². The van der Waals surface area contributed by atoms with E-state index in [0.717, 1.165) is 5.56 Å². The van der Waals surface area contributed by atoms with Crippen LogP contribution in [0.15, 0.2) is 73.3 Å². The van der Waals surface area contributed by atoms with Gasteiger partial charge in [-0.1, -0.05) is 6.07 Å². The van der Waals surface area contributed by atoms with Gasteiger partial charge in [0.2, 0.25) is 18.6 Å². The number of anilines is 1. The standard InChI is InChI=1S/C22H17N5O4/c28-21(11-15-2-7-18-19(10-15)30-14-29-18)26-16-3-5-17(6-4-16)31-22-12-20(23-13-24-22)27-9-1-8-25-27/h1-10,12-13H,11,14H2,(H,26,28). The zero-order valence-corrected chi connectivity index (χ0v) is 16.3. The van der Waals surface area contributed by atoms with Crippen molar-refractivity contribution in [1.82, 2.24) is 19.7 Å². The second kappa shape index (κ2) is 8.15. The van der Waals surface area contributed by atoms with Crippen LogP contribution in [0.4, 0.5) is 5.69 Å². The van der Waals surface area contributed by atoms with E-state index < -0.39 is 0 Å². The van der Waals surface area contributed by atoms with Crippen LogP contribution in [0.1, 0.15) is 5.56 Å². The Hall–Kier alpha value is -4.40. The second-order valence-electron chi connectivity index (χ2n) is 6.70. The number of hydrogen-bond donors (Lipinski definition) is 1. The quantitative estimate of drug-likeness (QED) is 0.515. The third-order valence-corrected chi connectivity index (χ3v) is 4.53. The Morgan fingerprint density at radius 2 is 1.94 bits per heavy atom. The Bertz CT molecular complexity index is 1210. The lowest BCUT2D eigenvalue weighted by Crippen LogP contribution is -2.14. The molecular weight excluding hydrogens is 398 g/mol. The average molecular weight is 415 g/mol. The van der Waals surface area contributed by atoms with Gasteiger partial charge in [-0.2, -0.15) is 5.10 Å². The number of aromatic nitrogens is 4. The summed E-state index contributed by atoms with van der Waals surface area (Å²) in [6, 6.07) is 16.0. The molecule has 1 aliphatic heterocycles. The first-order chi connectivity index (χ1) is 15.2. The fourth-order valence-electron chi connectivity index (χ4n) is 3.08. The van der Waals surface area contributed by atoms with Crippen molar-refractivity contribution < 1.29 is 19.0 Å². The summed E-state index contributed by atoms with van der Waals surface area (Å²) in [5, 5.41) is 7.01. The van der Waals surface area contributed by atoms with Gasteiger partial charge < -0.3 is 19.5 Å². The monoisotopic (exact) mass is 415 g/mol. The van der Waals surface area contributed by atoms with Gasteiger partial charge in [-0.05, 0) is 48.0 Å². The lowest BCUT2D eigenvalue weighted by atomic mass is 10.1. The summed E-state index contributed by atoms with van der Waals surface area (Å²) >= 11 is 0. The van der Waals surface area contributed by atoms with Gasteiger partial charge in [-0.3, -0.25) is 4.79 Å². The lowest BCUT2D eigenvalue weighted by Gasteiger charge is -2.09. The number of carbonyl (C=O) groups is 1. The molecule has 0 saturated carbocycles. The molecule has 0 spiro atoms. The molecule has 1 aliphatic rings. The molecule has 0 radical (unpaired) electrons. The maximum absolute atomic E-state index is 12.4. The summed E-state index contributed by atoms with van der Waals surface area (Å²) < 4.78 is 18.0. The van der Waals surface area contributed by atoms with Crippen molar-refractivity contribution >= 4 is 11.6 Å². The number of amides is 1. The van der Waals surface area contributed by atoms with Crippen molar-refractivity contribution in [2.75, 3.05) is 12.1 Å². The summed E-state index contributed by atoms with van der Waals surface area (Å²) in [6.07, 6.45) is 5.10. The summed E-state index contributed by atoms with van der Waals surface area (Å²) in [4.78, 5) is 20.7. The first-order valence-corrected chi connectivity index (χ1v) is 9.51. The van der Waals surface area contributed by atoms with Crippen LogP contribution in [0, 0.1) is 0 Å². The third kappa shape index (κ3) is 4.30. The van der Waals surface area contributed by atoms with Crippen molar-refractivity contribution in [3.05, 3.63) is 78.9 Å². The Labute approximate surface area is 177 Å². The van der Waals surface area contributed by atoms with Gasteiger partial charge in [0.25, 0.3) is 0 Å². The molecule has 0 unspecified atom stereocenters. The molecule has 0 fully saturated rings. The molecule has 9 heteroatoms. The van der Waals surface area contributed by atoms with Crippen molar-refractivity contribution in [3.8, 4) is 28.9 Å². The maximum Gasteiger partial charge on any atom is 0.231 e. The molecule has 3 heterocycles. The number of ether oxygens (including phenoxy) is 3. The van der Waals surface area contributed by atoms with Gasteiger partial charge in [0.05, 0.1) is 6.42 Å². The Morgan fingerprint density at radius 3 is 2.77 bits per heavy atom. The molecule has 0 aliphatic carbocycles. The average Bonchev–Trinajstić information content (AvgIpc) is 3.47. The Morgan fingerprint density at radius 1 is 1.06 bits per heavy atom. The van der Waals surface area contributed by atoms with E-state index in [1.165, 1.54) is 6.33 Å². The number of nitrogens with zero attached hydrogens (tertiary/aromatic N) is 4. The highest BCUT2D eigenvalue weighted by atomic mass is 16.7.